The quantitative estimate of drug-likeness (QED) is 0.346. The molecule has 0 aliphatic rings. The van der Waals surface area contributed by atoms with Gasteiger partial charge in [0.05, 0.1) is 6.11 Å². The third kappa shape index (κ3) is 3.58. The van der Waals surface area contributed by atoms with Crippen molar-refractivity contribution in [3.05, 3.63) is 0 Å². The second-order valence-electron chi connectivity index (χ2n) is 1.28. The maximum Gasteiger partial charge on any atom is 0.244 e. The molecule has 0 aromatic rings. The zero-order valence-electron chi connectivity index (χ0n) is 4.06. The first-order valence-corrected chi connectivity index (χ1v) is 4.66. The highest BCUT2D eigenvalue weighted by molar-refractivity contribution is 6.48. The van der Waals surface area contributed by atoms with Crippen LogP contribution in [0.1, 0.15) is 0 Å². The molecule has 6 heavy (non-hydrogen) atoms. The van der Waals surface area contributed by atoms with Gasteiger partial charge < -0.3 is 4.43 Å². The van der Waals surface area contributed by atoms with Crippen LogP contribution in [-0.4, -0.2) is 9.04 Å². The summed E-state index contributed by atoms with van der Waals surface area (Å²) in [7, 11) is -0.907. The fourth-order valence-corrected chi connectivity index (χ4v) is 0.408. The zero-order chi connectivity index (χ0) is 4.99. The van der Waals surface area contributed by atoms with Gasteiger partial charge in [0, 0.05) is 0 Å². The van der Waals surface area contributed by atoms with Crippen molar-refractivity contribution in [1.29, 1.82) is 0 Å². The first-order chi connectivity index (χ1) is 2.77. The lowest BCUT2D eigenvalue weighted by Crippen LogP contribution is -2.00. The predicted octanol–water partition coefficient (Wildman–Crippen LogP) is 0.577. The highest BCUT2D eigenvalue weighted by Gasteiger charge is 1.87. The highest BCUT2D eigenvalue weighted by Crippen LogP contribution is 1.76. The van der Waals surface area contributed by atoms with E-state index in [4.69, 9.17) is 10.8 Å². The van der Waals surface area contributed by atoms with Crippen LogP contribution in [0.25, 0.3) is 0 Å². The van der Waals surface area contributed by atoms with E-state index >= 15 is 0 Å². The van der Waals surface area contributed by atoms with Crippen LogP contribution in [0.15, 0.2) is 0 Å². The molecule has 0 bridgehead atoms. The summed E-state index contributed by atoms with van der Waals surface area (Å²) in [5, 5.41) is 0. The van der Waals surface area contributed by atoms with E-state index in [1.54, 1.807) is 0 Å². The molecule has 0 unspecified atom stereocenters. The molecule has 0 saturated carbocycles. The van der Waals surface area contributed by atoms with Crippen LogP contribution in [0.5, 0.6) is 0 Å². The van der Waals surface area contributed by atoms with E-state index in [9.17, 15) is 0 Å². The maximum atomic E-state index is 4.79. The molecule has 0 aromatic carbocycles. The summed E-state index contributed by atoms with van der Waals surface area (Å²) < 4.78 is 4.71. The standard InChI is InChI=1S/C4H8OSi/c1-4-5-6(2)3/h1,6H,2-3H3. The van der Waals surface area contributed by atoms with Crippen LogP contribution in [0.4, 0.5) is 0 Å². The smallest absolute Gasteiger partial charge is 0.244 e. The molecule has 0 fully saturated rings. The Morgan fingerprint density at radius 1 is 1.67 bits per heavy atom. The van der Waals surface area contributed by atoms with Crippen molar-refractivity contribution >= 4 is 9.04 Å². The largest absolute Gasteiger partial charge is 0.505 e. The Hall–Kier alpha value is -0.423. The lowest BCUT2D eigenvalue weighted by atomic mass is 11.3. The molecule has 0 spiro atoms. The predicted molar refractivity (Wildman–Crippen MR) is 28.8 cm³/mol. The summed E-state index contributed by atoms with van der Waals surface area (Å²) >= 11 is 0. The van der Waals surface area contributed by atoms with E-state index in [1.807, 2.05) is 13.1 Å². The Morgan fingerprint density at radius 3 is 2.17 bits per heavy atom. The second-order valence-corrected chi connectivity index (χ2v) is 3.62. The van der Waals surface area contributed by atoms with Gasteiger partial charge in [-0.1, -0.05) is 6.42 Å². The van der Waals surface area contributed by atoms with Gasteiger partial charge in [0.1, 0.15) is 0 Å². The second kappa shape index (κ2) is 2.80. The summed E-state index contributed by atoms with van der Waals surface area (Å²) in [6.07, 6.45) is 6.92. The fourth-order valence-electron chi connectivity index (χ4n) is 0.136. The van der Waals surface area contributed by atoms with Gasteiger partial charge in [0.15, 0.2) is 0 Å². The number of hydrogen-bond donors (Lipinski definition) is 0. The van der Waals surface area contributed by atoms with Gasteiger partial charge in [-0.3, -0.25) is 0 Å². The molecule has 1 nitrogen and oxygen atoms in total. The van der Waals surface area contributed by atoms with Crippen molar-refractivity contribution in [1.82, 2.24) is 0 Å². The van der Waals surface area contributed by atoms with Gasteiger partial charge in [-0.25, -0.2) is 0 Å². The van der Waals surface area contributed by atoms with Crippen molar-refractivity contribution in [2.75, 3.05) is 0 Å². The van der Waals surface area contributed by atoms with Crippen LogP contribution in [-0.2, 0) is 4.43 Å². The number of rotatable bonds is 1. The van der Waals surface area contributed by atoms with E-state index in [2.05, 4.69) is 6.11 Å². The Bertz CT molecular complexity index is 62.4. The number of terminal acetylenes is 1. The molecular weight excluding hydrogens is 92.1 g/mol. The van der Waals surface area contributed by atoms with E-state index in [1.165, 1.54) is 0 Å². The Kier molecular flexibility index (Phi) is 2.60. The van der Waals surface area contributed by atoms with Gasteiger partial charge in [-0.15, -0.1) is 0 Å². The van der Waals surface area contributed by atoms with E-state index in [0.29, 0.717) is 0 Å². The summed E-state index contributed by atoms with van der Waals surface area (Å²) in [4.78, 5) is 0. The molecule has 0 atom stereocenters. The Morgan fingerprint density at radius 2 is 2.17 bits per heavy atom. The van der Waals surface area contributed by atoms with Crippen LogP contribution >= 0.6 is 0 Å². The number of hydrogen-bond acceptors (Lipinski definition) is 1. The van der Waals surface area contributed by atoms with Crippen molar-refractivity contribution in [3.63, 3.8) is 0 Å². The van der Waals surface area contributed by atoms with Gasteiger partial charge in [0.25, 0.3) is 0 Å². The molecule has 2 heteroatoms. The molecule has 0 aliphatic carbocycles. The minimum absolute atomic E-state index is 0.907. The average Bonchev–Trinajstić information content (AvgIpc) is 1.35. The monoisotopic (exact) mass is 100 g/mol. The van der Waals surface area contributed by atoms with Crippen LogP contribution < -0.4 is 0 Å². The Labute approximate surface area is 40.0 Å². The van der Waals surface area contributed by atoms with Crippen LogP contribution in [0, 0.1) is 12.5 Å². The third-order valence-electron chi connectivity index (χ3n) is 0.304. The minimum Gasteiger partial charge on any atom is -0.505 e. The molecule has 0 aromatic heterocycles. The molecule has 0 aliphatic heterocycles. The van der Waals surface area contributed by atoms with Crippen molar-refractivity contribution < 1.29 is 4.43 Å². The summed E-state index contributed by atoms with van der Waals surface area (Å²) in [5.41, 5.74) is 0. The topological polar surface area (TPSA) is 9.23 Å². The molecule has 0 amide bonds. The lowest BCUT2D eigenvalue weighted by Gasteiger charge is -1.93. The zero-order valence-corrected chi connectivity index (χ0v) is 5.22. The van der Waals surface area contributed by atoms with Gasteiger partial charge in [0.2, 0.25) is 9.04 Å². The van der Waals surface area contributed by atoms with E-state index in [0.717, 1.165) is 0 Å². The molecule has 0 radical (unpaired) electrons. The maximum absolute atomic E-state index is 4.79. The highest BCUT2D eigenvalue weighted by atomic mass is 28.3. The summed E-state index contributed by atoms with van der Waals surface area (Å²) in [5.74, 6) is 0. The van der Waals surface area contributed by atoms with Gasteiger partial charge in [-0.05, 0) is 13.1 Å². The van der Waals surface area contributed by atoms with Crippen LogP contribution in [0.3, 0.4) is 0 Å². The fraction of sp³-hybridized carbons (Fsp3) is 0.500. The van der Waals surface area contributed by atoms with E-state index < -0.39 is 9.04 Å². The van der Waals surface area contributed by atoms with Crippen molar-refractivity contribution in [2.24, 2.45) is 0 Å². The first kappa shape index (κ1) is 5.58. The third-order valence-corrected chi connectivity index (χ3v) is 0.911. The molecule has 0 rings (SSSR count). The average molecular weight is 100 g/mol. The minimum atomic E-state index is -0.907. The molecule has 0 heterocycles. The van der Waals surface area contributed by atoms with Crippen molar-refractivity contribution in [3.8, 4) is 12.5 Å². The van der Waals surface area contributed by atoms with Crippen molar-refractivity contribution in [2.45, 2.75) is 13.1 Å². The van der Waals surface area contributed by atoms with Crippen LogP contribution in [0.2, 0.25) is 13.1 Å². The summed E-state index contributed by atoms with van der Waals surface area (Å²) in [6.45, 7) is 4.06. The molecule has 0 saturated heterocycles. The van der Waals surface area contributed by atoms with Gasteiger partial charge >= 0.3 is 0 Å². The SMILES string of the molecule is C#CO[SiH](C)C. The molecule has 0 N–H and O–H groups in total. The first-order valence-electron chi connectivity index (χ1n) is 1.88. The summed E-state index contributed by atoms with van der Waals surface area (Å²) in [6, 6.07) is 0. The normalized spacial score (nSPS) is 7.67. The molecule has 34 valence electrons. The lowest BCUT2D eigenvalue weighted by molar-refractivity contribution is 0.544. The Balaban J connectivity index is 2.88. The molecular formula is C4H8OSi. The van der Waals surface area contributed by atoms with E-state index in [-0.39, 0.29) is 0 Å². The van der Waals surface area contributed by atoms with Gasteiger partial charge in [-0.2, -0.15) is 0 Å².